The summed E-state index contributed by atoms with van der Waals surface area (Å²) >= 11 is 8.34. The second kappa shape index (κ2) is 9.11. The number of hydrogen-bond acceptors (Lipinski definition) is 7. The second-order valence-electron chi connectivity index (χ2n) is 4.53. The summed E-state index contributed by atoms with van der Waals surface area (Å²) < 4.78 is 10.3. The molecule has 0 amide bonds. The van der Waals surface area contributed by atoms with E-state index in [9.17, 15) is 0 Å². The van der Waals surface area contributed by atoms with Crippen LogP contribution in [0.15, 0.2) is 50.5 Å². The van der Waals surface area contributed by atoms with Gasteiger partial charge in [-0.1, -0.05) is 34.4 Å². The quantitative estimate of drug-likeness (QED) is 0.140. The van der Waals surface area contributed by atoms with Crippen LogP contribution in [0.1, 0.15) is 0 Å². The Kier molecular flexibility index (Phi) is 7.14. The number of phenolic OH excluding ortho intramolecular Hbond substituents is 2. The Morgan fingerprint density at radius 3 is 2.36 bits per heavy atom. The van der Waals surface area contributed by atoms with E-state index in [-0.39, 0.29) is 11.5 Å². The molecule has 0 saturated heterocycles. The molecule has 3 N–H and O–H groups in total. The van der Waals surface area contributed by atoms with Crippen molar-refractivity contribution in [2.75, 3.05) is 11.2 Å². The van der Waals surface area contributed by atoms with Crippen LogP contribution >= 0.6 is 46.6 Å². The van der Waals surface area contributed by atoms with Crippen molar-refractivity contribution in [3.8, 4) is 11.5 Å². The number of rotatable bonds is 1. The summed E-state index contributed by atoms with van der Waals surface area (Å²) in [5.74, 6) is 0.376. The van der Waals surface area contributed by atoms with E-state index in [1.54, 1.807) is 30.3 Å². The number of fused-ring (bicyclic) bond motifs is 2. The summed E-state index contributed by atoms with van der Waals surface area (Å²) in [5, 5.41) is 18.8. The standard InChI is InChI=1S/C8H7NO2S.C7H5NO2S.CH3I/c1-12-8-9-6-3-2-5(10)4-7(6)11-8;9-4-1-2-5-6(3-4)10-7(11)8-5;1-2/h2-4,10H,1H3;1-3,9H,(H,8,11);1H3. The average molecular weight is 490 g/mol. The van der Waals surface area contributed by atoms with E-state index in [2.05, 4.69) is 32.6 Å². The predicted octanol–water partition coefficient (Wildman–Crippen LogP) is 5.50. The fourth-order valence-corrected chi connectivity index (χ4v) is 2.48. The molecular formula is C16H15IN2O4S2. The zero-order valence-corrected chi connectivity index (χ0v) is 17.1. The number of thioether (sulfide) groups is 1. The number of aromatic hydroxyl groups is 2. The maximum atomic E-state index is 9.12. The zero-order valence-electron chi connectivity index (χ0n) is 13.3. The zero-order chi connectivity index (χ0) is 18.4. The van der Waals surface area contributed by atoms with Gasteiger partial charge in [0.2, 0.25) is 0 Å². The van der Waals surface area contributed by atoms with Crippen molar-refractivity contribution < 1.29 is 19.0 Å². The number of aromatic amines is 1. The van der Waals surface area contributed by atoms with E-state index >= 15 is 0 Å². The largest absolute Gasteiger partial charge is 0.508 e. The lowest BCUT2D eigenvalue weighted by Crippen LogP contribution is -1.67. The van der Waals surface area contributed by atoms with Gasteiger partial charge in [-0.2, -0.15) is 0 Å². The molecule has 4 aromatic rings. The van der Waals surface area contributed by atoms with Gasteiger partial charge >= 0.3 is 0 Å². The van der Waals surface area contributed by atoms with Crippen molar-refractivity contribution in [1.29, 1.82) is 0 Å². The number of alkyl halides is 1. The third-order valence-corrected chi connectivity index (χ3v) is 3.64. The van der Waals surface area contributed by atoms with Crippen molar-refractivity contribution in [2.24, 2.45) is 0 Å². The highest BCUT2D eigenvalue weighted by molar-refractivity contribution is 14.1. The summed E-state index contributed by atoms with van der Waals surface area (Å²) in [6, 6.07) is 9.68. The van der Waals surface area contributed by atoms with E-state index in [0.29, 0.717) is 21.2 Å². The maximum absolute atomic E-state index is 9.12. The minimum Gasteiger partial charge on any atom is -0.508 e. The molecule has 2 heterocycles. The molecule has 4 rings (SSSR count). The Hall–Kier alpha value is -1.72. The first kappa shape index (κ1) is 19.6. The predicted molar refractivity (Wildman–Crippen MR) is 110 cm³/mol. The molecule has 0 aliphatic heterocycles. The first-order valence-electron chi connectivity index (χ1n) is 6.88. The van der Waals surface area contributed by atoms with Crippen LogP contribution in [0.2, 0.25) is 0 Å². The van der Waals surface area contributed by atoms with Gasteiger partial charge in [0.15, 0.2) is 11.2 Å². The molecule has 0 saturated carbocycles. The summed E-state index contributed by atoms with van der Waals surface area (Å²) in [7, 11) is 0. The second-order valence-corrected chi connectivity index (χ2v) is 5.66. The smallest absolute Gasteiger partial charge is 0.266 e. The summed E-state index contributed by atoms with van der Waals surface area (Å²) in [4.78, 5) is 9.27. The lowest BCUT2D eigenvalue weighted by molar-refractivity contribution is 0.467. The number of oxazole rings is 2. The van der Waals surface area contributed by atoms with Gasteiger partial charge in [0.05, 0.1) is 5.52 Å². The molecule has 132 valence electrons. The molecule has 0 aliphatic carbocycles. The van der Waals surface area contributed by atoms with Crippen LogP contribution in [0.4, 0.5) is 0 Å². The van der Waals surface area contributed by atoms with Crippen LogP contribution in [0.5, 0.6) is 11.5 Å². The third-order valence-electron chi connectivity index (χ3n) is 2.93. The van der Waals surface area contributed by atoms with Gasteiger partial charge in [0.25, 0.3) is 10.1 Å². The van der Waals surface area contributed by atoms with Gasteiger partial charge in [0, 0.05) is 12.1 Å². The van der Waals surface area contributed by atoms with E-state index in [0.717, 1.165) is 11.0 Å². The van der Waals surface area contributed by atoms with E-state index in [1.807, 2.05) is 11.2 Å². The molecule has 0 bridgehead atoms. The maximum Gasteiger partial charge on any atom is 0.266 e. The van der Waals surface area contributed by atoms with E-state index in [1.165, 1.54) is 17.8 Å². The normalized spacial score (nSPS) is 10.0. The van der Waals surface area contributed by atoms with Gasteiger partial charge in [-0.05, 0) is 47.7 Å². The van der Waals surface area contributed by atoms with Crippen LogP contribution in [0.3, 0.4) is 0 Å². The fourth-order valence-electron chi connectivity index (χ4n) is 1.91. The fraction of sp³-hybridized carbons (Fsp3) is 0.125. The number of nitrogens with one attached hydrogen (secondary N) is 1. The number of halogens is 1. The topological polar surface area (TPSA) is 95.4 Å². The lowest BCUT2D eigenvalue weighted by atomic mass is 10.3. The Morgan fingerprint density at radius 2 is 1.68 bits per heavy atom. The molecule has 6 nitrogen and oxygen atoms in total. The SMILES string of the molecule is CI.CSc1nc2ccc(O)cc2o1.Oc1ccc2[nH]c(=S)oc2c1. The van der Waals surface area contributed by atoms with Crippen LogP contribution < -0.4 is 0 Å². The minimum atomic E-state index is 0.176. The molecule has 0 aliphatic rings. The molecular weight excluding hydrogens is 475 g/mol. The van der Waals surface area contributed by atoms with Crippen LogP contribution in [0.25, 0.3) is 22.2 Å². The molecule has 0 unspecified atom stereocenters. The molecule has 2 aromatic heterocycles. The van der Waals surface area contributed by atoms with Crippen molar-refractivity contribution >= 4 is 68.8 Å². The molecule has 0 atom stereocenters. The number of hydrogen-bond donors (Lipinski definition) is 3. The van der Waals surface area contributed by atoms with Crippen LogP contribution in [0, 0.1) is 4.84 Å². The van der Waals surface area contributed by atoms with Crippen molar-refractivity contribution in [1.82, 2.24) is 9.97 Å². The average Bonchev–Trinajstić information content (AvgIpc) is 3.18. The number of phenols is 2. The third kappa shape index (κ3) is 5.13. The van der Waals surface area contributed by atoms with Crippen molar-refractivity contribution in [2.45, 2.75) is 5.22 Å². The van der Waals surface area contributed by atoms with Crippen LogP contribution in [-0.2, 0) is 0 Å². The van der Waals surface area contributed by atoms with Gasteiger partial charge < -0.3 is 24.0 Å². The Labute approximate surface area is 166 Å². The molecule has 9 heteroatoms. The highest BCUT2D eigenvalue weighted by atomic mass is 127. The minimum absolute atomic E-state index is 0.176. The molecule has 2 aromatic carbocycles. The first-order chi connectivity index (χ1) is 12.0. The summed E-state index contributed by atoms with van der Waals surface area (Å²) in [5.41, 5.74) is 2.78. The number of benzene rings is 2. The lowest BCUT2D eigenvalue weighted by Gasteiger charge is -1.87. The highest BCUT2D eigenvalue weighted by Crippen LogP contribution is 2.24. The van der Waals surface area contributed by atoms with Gasteiger partial charge in [0.1, 0.15) is 17.0 Å². The van der Waals surface area contributed by atoms with E-state index < -0.39 is 0 Å². The van der Waals surface area contributed by atoms with Crippen LogP contribution in [-0.4, -0.2) is 31.4 Å². The summed E-state index contributed by atoms with van der Waals surface area (Å²) in [6.07, 6.45) is 1.89. The molecule has 0 spiro atoms. The summed E-state index contributed by atoms with van der Waals surface area (Å²) in [6.45, 7) is 0. The van der Waals surface area contributed by atoms with Gasteiger partial charge in [-0.15, -0.1) is 0 Å². The molecule has 0 radical (unpaired) electrons. The Bertz CT molecular complexity index is 1030. The molecule has 25 heavy (non-hydrogen) atoms. The Balaban J connectivity index is 0.000000165. The number of aromatic nitrogens is 2. The Morgan fingerprint density at radius 1 is 1.04 bits per heavy atom. The monoisotopic (exact) mass is 490 g/mol. The number of H-pyrrole nitrogens is 1. The van der Waals surface area contributed by atoms with Crippen molar-refractivity contribution in [3.05, 3.63) is 41.2 Å². The van der Waals surface area contributed by atoms with Gasteiger partial charge in [-0.25, -0.2) is 4.98 Å². The van der Waals surface area contributed by atoms with Crippen molar-refractivity contribution in [3.63, 3.8) is 0 Å². The first-order valence-corrected chi connectivity index (χ1v) is 10.7. The highest BCUT2D eigenvalue weighted by Gasteiger charge is 2.04. The molecule has 0 fully saturated rings. The number of nitrogens with zero attached hydrogens (tertiary/aromatic N) is 1. The van der Waals surface area contributed by atoms with E-state index in [4.69, 9.17) is 31.3 Å². The van der Waals surface area contributed by atoms with Gasteiger partial charge in [-0.3, -0.25) is 0 Å².